The van der Waals surface area contributed by atoms with E-state index in [0.717, 1.165) is 28.6 Å². The van der Waals surface area contributed by atoms with Crippen molar-refractivity contribution in [3.05, 3.63) is 40.6 Å². The summed E-state index contributed by atoms with van der Waals surface area (Å²) in [5, 5.41) is 3.17. The van der Waals surface area contributed by atoms with Crippen molar-refractivity contribution in [1.82, 2.24) is 14.9 Å². The van der Waals surface area contributed by atoms with Gasteiger partial charge in [0.25, 0.3) is 0 Å². The third-order valence-electron chi connectivity index (χ3n) is 5.52. The van der Waals surface area contributed by atoms with Crippen molar-refractivity contribution in [2.45, 2.75) is 73.7 Å². The molecule has 0 spiro atoms. The molecule has 10 heteroatoms. The fourth-order valence-corrected chi connectivity index (χ4v) is 8.05. The second-order valence-corrected chi connectivity index (χ2v) is 24.8. The van der Waals surface area contributed by atoms with E-state index in [1.807, 2.05) is 54.6 Å². The van der Waals surface area contributed by atoms with Crippen LogP contribution in [0, 0.1) is 0 Å². The van der Waals surface area contributed by atoms with E-state index in [1.165, 1.54) is 0 Å². The topological polar surface area (TPSA) is 67.4 Å². The molecule has 1 aromatic carbocycles. The Balaban J connectivity index is 1.90. The summed E-state index contributed by atoms with van der Waals surface area (Å²) in [4.78, 5) is 28.2. The van der Waals surface area contributed by atoms with Crippen molar-refractivity contribution in [2.24, 2.45) is 0 Å². The number of hydrogen-bond acceptors (Lipinski definition) is 5. The maximum absolute atomic E-state index is 13.5. The second kappa shape index (κ2) is 9.54. The van der Waals surface area contributed by atoms with Crippen LogP contribution < -0.4 is 9.03 Å². The van der Waals surface area contributed by atoms with Crippen LogP contribution in [0.25, 0.3) is 0 Å². The molecule has 1 aliphatic heterocycles. The van der Waals surface area contributed by atoms with E-state index >= 15 is 0 Å². The number of carbonyl (C=O) groups excluding carboxylic acids is 1. The Morgan fingerprint density at radius 3 is 2.41 bits per heavy atom. The standard InChI is InChI=1S/C21H24F3N4O2.3CH3.Sn/c1-5-13-8-15-12-28(19(29)30-20(2,3)4)7-6-14(15)9-17(13)27-18-25-10-16(11-26-18)21(22,23)24;;;;/h8-10H,5-7,12H2,1-4H3,(H,25,26,27);3*1H3;. The van der Waals surface area contributed by atoms with Gasteiger partial charge >= 0.3 is 177 Å². The number of ether oxygens (including phenoxy) is 1. The Morgan fingerprint density at radius 2 is 1.85 bits per heavy atom. The first-order valence-corrected chi connectivity index (χ1v) is 21.4. The zero-order valence-electron chi connectivity index (χ0n) is 20.9. The summed E-state index contributed by atoms with van der Waals surface area (Å²) in [6.07, 6.45) is -2.55. The Morgan fingerprint density at radius 1 is 1.18 bits per heavy atom. The molecule has 2 aromatic rings. The molecule has 34 heavy (non-hydrogen) atoms. The van der Waals surface area contributed by atoms with E-state index in [0.29, 0.717) is 25.9 Å². The number of nitrogens with zero attached hydrogens (tertiary/aromatic N) is 3. The van der Waals surface area contributed by atoms with Crippen molar-refractivity contribution in [1.29, 1.82) is 0 Å². The summed E-state index contributed by atoms with van der Waals surface area (Å²) in [6.45, 7) is 8.52. The summed E-state index contributed by atoms with van der Waals surface area (Å²) in [6, 6.07) is 4.05. The fraction of sp³-hybridized carbons (Fsp3) is 0.542. The molecule has 1 N–H and O–H groups in total. The number of anilines is 2. The zero-order valence-corrected chi connectivity index (χ0v) is 23.7. The average molecular weight is 585 g/mol. The molecule has 0 radical (unpaired) electrons. The van der Waals surface area contributed by atoms with Crippen LogP contribution in [-0.2, 0) is 30.3 Å². The van der Waals surface area contributed by atoms with Crippen LogP contribution in [0.3, 0.4) is 0 Å². The third-order valence-corrected chi connectivity index (χ3v) is 10.7. The summed E-state index contributed by atoms with van der Waals surface area (Å²) < 4.78 is 46.2. The van der Waals surface area contributed by atoms with Crippen molar-refractivity contribution >= 4 is 39.8 Å². The van der Waals surface area contributed by atoms with Crippen LogP contribution in [0.15, 0.2) is 18.3 Å². The normalized spacial score (nSPS) is 14.6. The number of alkyl halides is 3. The quantitative estimate of drug-likeness (QED) is 0.471. The van der Waals surface area contributed by atoms with Gasteiger partial charge in [0, 0.05) is 0 Å². The Labute approximate surface area is 203 Å². The second-order valence-electron chi connectivity index (χ2n) is 10.6. The molecule has 0 bridgehead atoms. The van der Waals surface area contributed by atoms with Crippen LogP contribution in [0.2, 0.25) is 14.8 Å². The van der Waals surface area contributed by atoms with Crippen molar-refractivity contribution in [3.8, 4) is 0 Å². The van der Waals surface area contributed by atoms with Gasteiger partial charge in [-0.3, -0.25) is 0 Å². The molecule has 2 heterocycles. The molecule has 186 valence electrons. The van der Waals surface area contributed by atoms with E-state index in [-0.39, 0.29) is 15.8 Å². The van der Waals surface area contributed by atoms with Gasteiger partial charge in [-0.25, -0.2) is 0 Å². The predicted octanol–water partition coefficient (Wildman–Crippen LogP) is 5.64. The first-order chi connectivity index (χ1) is 15.6. The monoisotopic (exact) mass is 586 g/mol. The van der Waals surface area contributed by atoms with E-state index in [9.17, 15) is 18.0 Å². The first kappa shape index (κ1) is 26.6. The van der Waals surface area contributed by atoms with Crippen LogP contribution in [-0.4, -0.2) is 51.5 Å². The SMILES string of the molecule is CCc1cc2c(cc1Nc1ncc(C(F)(F)F)[c]([Sn]([CH3])([CH3])[CH3])n1)CCN(C(=O)OC(C)(C)C)C2. The van der Waals surface area contributed by atoms with Crippen molar-refractivity contribution in [3.63, 3.8) is 0 Å². The Kier molecular flexibility index (Phi) is 7.46. The van der Waals surface area contributed by atoms with E-state index in [2.05, 4.69) is 15.3 Å². The number of rotatable bonds is 4. The van der Waals surface area contributed by atoms with Crippen molar-refractivity contribution in [2.75, 3.05) is 11.9 Å². The maximum atomic E-state index is 13.5. The number of fused-ring (bicyclic) bond motifs is 1. The number of benzene rings is 1. The van der Waals surface area contributed by atoms with Gasteiger partial charge < -0.3 is 0 Å². The zero-order chi connectivity index (χ0) is 25.5. The number of aromatic nitrogens is 2. The van der Waals surface area contributed by atoms with E-state index in [1.54, 1.807) is 4.90 Å². The number of aryl methyl sites for hydroxylation is 1. The van der Waals surface area contributed by atoms with E-state index in [4.69, 9.17) is 4.74 Å². The van der Waals surface area contributed by atoms with Crippen molar-refractivity contribution < 1.29 is 22.7 Å². The van der Waals surface area contributed by atoms with Gasteiger partial charge in [-0.2, -0.15) is 0 Å². The molecule has 1 aliphatic rings. The minimum atomic E-state index is -4.47. The molecule has 0 atom stereocenters. The molecule has 0 saturated heterocycles. The van der Waals surface area contributed by atoms with Gasteiger partial charge in [0.1, 0.15) is 5.60 Å². The first-order valence-electron chi connectivity index (χ1n) is 11.4. The van der Waals surface area contributed by atoms with Crippen LogP contribution >= 0.6 is 0 Å². The van der Waals surface area contributed by atoms with Gasteiger partial charge in [-0.15, -0.1) is 0 Å². The van der Waals surface area contributed by atoms with Crippen LogP contribution in [0.1, 0.15) is 49.9 Å². The molecule has 3 rings (SSSR count). The van der Waals surface area contributed by atoms with Crippen LogP contribution in [0.5, 0.6) is 0 Å². The summed E-state index contributed by atoms with van der Waals surface area (Å²) in [7, 11) is 0. The minimum absolute atomic E-state index is 0.156. The van der Waals surface area contributed by atoms with Gasteiger partial charge in [-0.05, 0) is 20.8 Å². The molecular formula is C24H33F3N4O2Sn. The summed E-state index contributed by atoms with van der Waals surface area (Å²) >= 11 is -3.18. The molecule has 0 aliphatic carbocycles. The van der Waals surface area contributed by atoms with Crippen LogP contribution in [0.4, 0.5) is 29.6 Å². The van der Waals surface area contributed by atoms with Gasteiger partial charge in [0.05, 0.1) is 0 Å². The molecule has 0 saturated carbocycles. The van der Waals surface area contributed by atoms with Gasteiger partial charge in [-0.1, -0.05) is 0 Å². The number of halogens is 3. The third kappa shape index (κ3) is 6.34. The average Bonchev–Trinajstić information content (AvgIpc) is 2.70. The molecule has 0 fully saturated rings. The molecule has 0 unspecified atom stereocenters. The summed E-state index contributed by atoms with van der Waals surface area (Å²) in [5.74, 6) is 0.176. The number of carbonyl (C=O) groups is 1. The number of amides is 1. The molecular weight excluding hydrogens is 552 g/mol. The number of hydrogen-bond donors (Lipinski definition) is 1. The van der Waals surface area contributed by atoms with Gasteiger partial charge in [0.15, 0.2) is 0 Å². The van der Waals surface area contributed by atoms with Gasteiger partial charge in [0.2, 0.25) is 0 Å². The van der Waals surface area contributed by atoms with E-state index < -0.39 is 35.7 Å². The fourth-order valence-electron chi connectivity index (χ4n) is 3.89. The molecule has 1 amide bonds. The predicted molar refractivity (Wildman–Crippen MR) is 129 cm³/mol. The molecule has 6 nitrogen and oxygen atoms in total. The Bertz CT molecular complexity index is 1080. The number of nitrogens with one attached hydrogen (secondary N) is 1. The summed E-state index contributed by atoms with van der Waals surface area (Å²) in [5.41, 5.74) is 2.60. The Hall–Kier alpha value is -2.04. The molecule has 1 aromatic heterocycles.